The smallest absolute Gasteiger partial charge is 0.201 e. The van der Waals surface area contributed by atoms with Gasteiger partial charge < -0.3 is 0 Å². The highest BCUT2D eigenvalue weighted by molar-refractivity contribution is 5.74. The van der Waals surface area contributed by atoms with Crippen LogP contribution in [-0.2, 0) is 28.2 Å². The number of hydrogen-bond donors (Lipinski definition) is 0. The van der Waals surface area contributed by atoms with Crippen LogP contribution < -0.4 is 18.3 Å². The molecule has 0 saturated heterocycles. The third-order valence-electron chi connectivity index (χ3n) is 16.1. The van der Waals surface area contributed by atoms with Crippen LogP contribution in [0.15, 0.2) is 255 Å². The van der Waals surface area contributed by atoms with E-state index in [2.05, 4.69) is 240 Å². The van der Waals surface area contributed by atoms with E-state index in [0.29, 0.717) is 11.1 Å². The average Bonchev–Trinajstić information content (AvgIpc) is 0.889. The molecule has 86 heavy (non-hydrogen) atoms. The van der Waals surface area contributed by atoms with E-state index in [9.17, 15) is 0 Å². The van der Waals surface area contributed by atoms with Gasteiger partial charge in [0, 0.05) is 77.0 Å². The van der Waals surface area contributed by atoms with Crippen LogP contribution in [0.25, 0.3) is 89.5 Å². The van der Waals surface area contributed by atoms with E-state index >= 15 is 0 Å². The normalized spacial score (nSPS) is 12.0. The molecule has 4 heteroatoms. The van der Waals surface area contributed by atoms with Crippen LogP contribution >= 0.6 is 0 Å². The summed E-state index contributed by atoms with van der Waals surface area (Å²) < 4.78 is 54.9. The summed E-state index contributed by atoms with van der Waals surface area (Å²) in [6, 6.07) is 78.6. The Morgan fingerprint density at radius 1 is 0.221 bits per heavy atom. The van der Waals surface area contributed by atoms with Crippen molar-refractivity contribution >= 4 is 0 Å². The highest BCUT2D eigenvalue weighted by Gasteiger charge is 2.21. The molecule has 4 nitrogen and oxygen atoms in total. The number of aromatic nitrogens is 4. The van der Waals surface area contributed by atoms with E-state index in [1.54, 1.807) is 18.3 Å². The van der Waals surface area contributed by atoms with Crippen LogP contribution in [0.3, 0.4) is 0 Å². The summed E-state index contributed by atoms with van der Waals surface area (Å²) in [4.78, 5) is 0. The fourth-order valence-electron chi connectivity index (χ4n) is 11.4. The first-order chi connectivity index (χ1) is 43.9. The summed E-state index contributed by atoms with van der Waals surface area (Å²) in [5, 5.41) is 0. The summed E-state index contributed by atoms with van der Waals surface area (Å²) in [6.07, 6.45) is 8.33. The topological polar surface area (TPSA) is 15.5 Å². The molecular weight excluding hydrogens is 1040 g/mol. The Kier molecular flexibility index (Phi) is 17.2. The minimum Gasteiger partial charge on any atom is -0.201 e. The molecule has 0 aliphatic heterocycles. The Labute approximate surface area is 521 Å². The van der Waals surface area contributed by atoms with E-state index in [-0.39, 0.29) is 0 Å². The molecule has 428 valence electrons. The van der Waals surface area contributed by atoms with Crippen LogP contribution in [0.5, 0.6) is 0 Å². The molecule has 0 N–H and O–H groups in total. The number of aryl methyl sites for hydroxylation is 14. The van der Waals surface area contributed by atoms with Crippen LogP contribution in [0.4, 0.5) is 0 Å². The van der Waals surface area contributed by atoms with Crippen molar-refractivity contribution in [2.45, 2.75) is 69.1 Å². The van der Waals surface area contributed by atoms with Crippen molar-refractivity contribution in [3.63, 3.8) is 0 Å². The van der Waals surface area contributed by atoms with Gasteiger partial charge in [-0.15, -0.1) is 0 Å². The van der Waals surface area contributed by atoms with Gasteiger partial charge in [0.1, 0.15) is 28.2 Å². The Hall–Kier alpha value is -9.64. The number of hydrogen-bond acceptors (Lipinski definition) is 0. The Morgan fingerprint density at radius 2 is 0.512 bits per heavy atom. The van der Waals surface area contributed by atoms with Gasteiger partial charge >= 0.3 is 0 Å². The molecule has 0 amide bonds. The van der Waals surface area contributed by atoms with Crippen molar-refractivity contribution in [1.29, 1.82) is 0 Å². The molecule has 0 aliphatic rings. The quantitative estimate of drug-likeness (QED) is 0.135. The van der Waals surface area contributed by atoms with Crippen molar-refractivity contribution in [2.24, 2.45) is 28.2 Å². The van der Waals surface area contributed by atoms with E-state index in [0.717, 1.165) is 44.8 Å². The minimum atomic E-state index is -2.16. The van der Waals surface area contributed by atoms with E-state index in [1.165, 1.54) is 89.3 Å². The maximum Gasteiger partial charge on any atom is 0.213 e. The first kappa shape index (κ1) is 53.1. The van der Waals surface area contributed by atoms with Gasteiger partial charge in [-0.25, -0.2) is 18.3 Å². The lowest BCUT2D eigenvalue weighted by Crippen LogP contribution is -2.31. The third-order valence-corrected chi connectivity index (χ3v) is 16.1. The van der Waals surface area contributed by atoms with Gasteiger partial charge in [0.25, 0.3) is 0 Å². The van der Waals surface area contributed by atoms with E-state index < -0.39 is 13.7 Å². The standard InChI is InChI=1S/2C21H22N.2C20H20N/c2*1-15-10-11-19(16(2)12-15)21-13-17(3)20(14-22(21)4)18-8-6-5-7-9-18;1-15-9-7-8-12-18(15)20-13-19(16(2)14-21(20)3)17-10-5-4-6-11-17;1-15-9-7-8-12-18(15)20-13-16(2)19(14-21(20)3)17-10-5-4-6-11-17/h2*5-14H,1-4H3;2*4-14H,1-3H3/q4*+1/i1D3;;2D3;. The summed E-state index contributed by atoms with van der Waals surface area (Å²) in [6.45, 7) is 12.8. The highest BCUT2D eigenvalue weighted by atomic mass is 14.9. The predicted molar refractivity (Wildman–Crippen MR) is 361 cm³/mol. The second-order valence-electron chi connectivity index (χ2n) is 22.6. The zero-order valence-corrected chi connectivity index (χ0v) is 52.0. The lowest BCUT2D eigenvalue weighted by molar-refractivity contribution is -0.660. The second-order valence-corrected chi connectivity index (χ2v) is 22.6. The molecule has 12 rings (SSSR count). The van der Waals surface area contributed by atoms with Gasteiger partial charge in [-0.2, -0.15) is 0 Å². The SMILES string of the molecule is Cc1cc(-c2ccccc2C)[n+](C)cc1-c1ccccc1.Cc1ccc(-c2cc(C)c(-c3ccccc3)c[n+]2C)c(C)c1.[2H]C([2H])([2H])c1c[n+](C)c(-c2ccccc2C)cc1-c1ccccc1.[2H]C([2H])([2H])c1ccc(-c2cc(C)c(-c3ccccc3)c[n+]2C)c(C)c1. The number of nitrogens with zero attached hydrogens (tertiary/aromatic N) is 4. The first-order valence-electron chi connectivity index (χ1n) is 32.5. The van der Waals surface area contributed by atoms with Gasteiger partial charge in [-0.1, -0.05) is 193 Å². The highest BCUT2D eigenvalue weighted by Crippen LogP contribution is 2.32. The molecule has 0 spiro atoms. The first-order valence-corrected chi connectivity index (χ1v) is 29.5. The molecule has 12 aromatic rings. The van der Waals surface area contributed by atoms with Gasteiger partial charge in [0.05, 0.1) is 0 Å². The lowest BCUT2D eigenvalue weighted by Gasteiger charge is -2.10. The molecule has 0 aliphatic carbocycles. The fraction of sp³-hybridized carbons (Fsp3) is 0.171. The molecule has 0 atom stereocenters. The van der Waals surface area contributed by atoms with Crippen molar-refractivity contribution < 1.29 is 26.5 Å². The second kappa shape index (κ2) is 27.8. The molecule has 0 unspecified atom stereocenters. The average molecular weight is 1130 g/mol. The molecule has 4 heterocycles. The van der Waals surface area contributed by atoms with Gasteiger partial charge in [-0.3, -0.25) is 0 Å². The summed E-state index contributed by atoms with van der Waals surface area (Å²) in [7, 11) is 8.16. The molecule has 8 aromatic carbocycles. The fourth-order valence-corrected chi connectivity index (χ4v) is 11.4. The van der Waals surface area contributed by atoms with Crippen molar-refractivity contribution in [2.75, 3.05) is 0 Å². The van der Waals surface area contributed by atoms with Crippen molar-refractivity contribution in [1.82, 2.24) is 0 Å². The predicted octanol–water partition coefficient (Wildman–Crippen LogP) is 18.5. The van der Waals surface area contributed by atoms with Gasteiger partial charge in [-0.05, 0) is 160 Å². The molecule has 0 fully saturated rings. The van der Waals surface area contributed by atoms with Crippen LogP contribution in [0, 0.1) is 69.1 Å². The van der Waals surface area contributed by atoms with Crippen LogP contribution in [0.2, 0.25) is 0 Å². The zero-order chi connectivity index (χ0) is 66.0. The Balaban J connectivity index is 0.000000145. The number of pyridine rings is 4. The van der Waals surface area contributed by atoms with Crippen LogP contribution in [-0.4, -0.2) is 0 Å². The largest absolute Gasteiger partial charge is 0.213 e. The van der Waals surface area contributed by atoms with E-state index in [1.807, 2.05) is 98.4 Å². The van der Waals surface area contributed by atoms with Crippen molar-refractivity contribution in [3.8, 4) is 89.5 Å². The molecule has 4 aromatic heterocycles. The molecule has 0 saturated carbocycles. The van der Waals surface area contributed by atoms with Crippen LogP contribution in [0.1, 0.15) is 63.9 Å². The molecular formula is C82H84N4+4. The van der Waals surface area contributed by atoms with Gasteiger partial charge in [0.15, 0.2) is 24.8 Å². The lowest BCUT2D eigenvalue weighted by atomic mass is 9.97. The molecule has 0 radical (unpaired) electrons. The third kappa shape index (κ3) is 14.5. The Morgan fingerprint density at radius 3 is 0.860 bits per heavy atom. The zero-order valence-electron chi connectivity index (χ0n) is 58.0. The monoisotopic (exact) mass is 1130 g/mol. The minimum absolute atomic E-state index is 0.369. The van der Waals surface area contributed by atoms with E-state index in [4.69, 9.17) is 8.22 Å². The maximum absolute atomic E-state index is 7.90. The summed E-state index contributed by atoms with van der Waals surface area (Å²) in [5.74, 6) is 0. The maximum atomic E-state index is 7.90. The number of benzene rings is 8. The Bertz CT molecular complexity index is 4540. The number of rotatable bonds is 8. The van der Waals surface area contributed by atoms with Crippen molar-refractivity contribution in [3.05, 3.63) is 311 Å². The molecule has 0 bridgehead atoms. The summed E-state index contributed by atoms with van der Waals surface area (Å²) in [5.41, 5.74) is 29.1. The summed E-state index contributed by atoms with van der Waals surface area (Å²) >= 11 is 0. The van der Waals surface area contributed by atoms with Gasteiger partial charge in [0.2, 0.25) is 22.8 Å².